The fraction of sp³-hybridized carbons (Fsp3) is 0.357. The molecule has 1 aliphatic rings. The number of carboxylic acids is 1. The highest BCUT2D eigenvalue weighted by Crippen LogP contribution is 2.26. The molecule has 0 bridgehead atoms. The molecule has 1 heterocycles. The molecule has 1 N–H and O–H groups in total. The van der Waals surface area contributed by atoms with Crippen LogP contribution in [-0.2, 0) is 4.79 Å². The number of aliphatic carboxylic acids is 1. The van der Waals surface area contributed by atoms with E-state index in [1.807, 2.05) is 13.0 Å². The molecule has 90 valence electrons. The van der Waals surface area contributed by atoms with Crippen LogP contribution in [0.5, 0.6) is 0 Å². The van der Waals surface area contributed by atoms with Gasteiger partial charge in [-0.1, -0.05) is 11.6 Å². The number of rotatable bonds is 3. The number of benzene rings is 1. The summed E-state index contributed by atoms with van der Waals surface area (Å²) in [5.74, 6) is -0.904. The standard InChI is InChI=1S/C14H17NO2/c1-11-4-6-13(15-8-2-3-9-15)12(10-11)5-7-14(16)17/h4-7,10H,2-3,8-9H2,1H3,(H,16,17)/b7-5+. The molecule has 0 amide bonds. The molecule has 17 heavy (non-hydrogen) atoms. The highest BCUT2D eigenvalue weighted by atomic mass is 16.4. The Labute approximate surface area is 101 Å². The highest BCUT2D eigenvalue weighted by molar-refractivity contribution is 5.87. The lowest BCUT2D eigenvalue weighted by Gasteiger charge is -2.20. The second-order valence-electron chi connectivity index (χ2n) is 4.43. The summed E-state index contributed by atoms with van der Waals surface area (Å²) in [7, 11) is 0. The van der Waals surface area contributed by atoms with Gasteiger partial charge >= 0.3 is 5.97 Å². The molecule has 3 heteroatoms. The van der Waals surface area contributed by atoms with Crippen molar-refractivity contribution in [2.75, 3.05) is 18.0 Å². The number of hydrogen-bond acceptors (Lipinski definition) is 2. The van der Waals surface area contributed by atoms with Gasteiger partial charge in [-0.25, -0.2) is 4.79 Å². The lowest BCUT2D eigenvalue weighted by atomic mass is 10.1. The van der Waals surface area contributed by atoms with Crippen LogP contribution in [0.15, 0.2) is 24.3 Å². The molecule has 0 saturated carbocycles. The molecule has 0 aromatic heterocycles. The second-order valence-corrected chi connectivity index (χ2v) is 4.43. The smallest absolute Gasteiger partial charge is 0.328 e. The summed E-state index contributed by atoms with van der Waals surface area (Å²) < 4.78 is 0. The molecule has 3 nitrogen and oxygen atoms in total. The SMILES string of the molecule is Cc1ccc(N2CCCC2)c(/C=C/C(=O)O)c1. The van der Waals surface area contributed by atoms with E-state index in [1.54, 1.807) is 6.08 Å². The summed E-state index contributed by atoms with van der Waals surface area (Å²) in [6.07, 6.45) is 5.32. The summed E-state index contributed by atoms with van der Waals surface area (Å²) in [6, 6.07) is 6.20. The van der Waals surface area contributed by atoms with Crippen LogP contribution in [0, 0.1) is 6.92 Å². The van der Waals surface area contributed by atoms with Crippen molar-refractivity contribution in [2.45, 2.75) is 19.8 Å². The molecular weight excluding hydrogens is 214 g/mol. The highest BCUT2D eigenvalue weighted by Gasteiger charge is 2.14. The van der Waals surface area contributed by atoms with Crippen molar-refractivity contribution in [3.63, 3.8) is 0 Å². The maximum Gasteiger partial charge on any atom is 0.328 e. The molecule has 1 fully saturated rings. The van der Waals surface area contributed by atoms with E-state index >= 15 is 0 Å². The normalized spacial score (nSPS) is 15.7. The molecule has 1 saturated heterocycles. The van der Waals surface area contributed by atoms with E-state index in [1.165, 1.54) is 18.9 Å². The minimum Gasteiger partial charge on any atom is -0.478 e. The maximum absolute atomic E-state index is 10.6. The average molecular weight is 231 g/mol. The Balaban J connectivity index is 2.33. The topological polar surface area (TPSA) is 40.5 Å². The Morgan fingerprint density at radius 1 is 1.35 bits per heavy atom. The first kappa shape index (κ1) is 11.7. The summed E-state index contributed by atoms with van der Waals surface area (Å²) in [4.78, 5) is 12.9. The van der Waals surface area contributed by atoms with Gasteiger partial charge in [0, 0.05) is 24.9 Å². The predicted molar refractivity (Wildman–Crippen MR) is 69.3 cm³/mol. The summed E-state index contributed by atoms with van der Waals surface area (Å²) in [5, 5.41) is 8.70. The van der Waals surface area contributed by atoms with E-state index in [0.717, 1.165) is 29.9 Å². The van der Waals surface area contributed by atoms with Gasteiger partial charge in [-0.05, 0) is 43.5 Å². The number of hydrogen-bond donors (Lipinski definition) is 1. The molecule has 1 aliphatic heterocycles. The molecule has 0 atom stereocenters. The predicted octanol–water partition coefficient (Wildman–Crippen LogP) is 2.69. The Hall–Kier alpha value is -1.77. The number of aryl methyl sites for hydroxylation is 1. The fourth-order valence-corrected chi connectivity index (χ4v) is 2.21. The zero-order valence-electron chi connectivity index (χ0n) is 10.0. The third-order valence-electron chi connectivity index (χ3n) is 3.04. The van der Waals surface area contributed by atoms with Crippen LogP contribution in [-0.4, -0.2) is 24.2 Å². The molecule has 0 unspecified atom stereocenters. The number of carbonyl (C=O) groups is 1. The Morgan fingerprint density at radius 3 is 2.71 bits per heavy atom. The third kappa shape index (κ3) is 2.87. The zero-order valence-corrected chi connectivity index (χ0v) is 10.0. The molecule has 2 rings (SSSR count). The molecule has 0 radical (unpaired) electrons. The zero-order chi connectivity index (χ0) is 12.3. The van der Waals surface area contributed by atoms with Gasteiger partial charge < -0.3 is 10.0 Å². The van der Waals surface area contributed by atoms with E-state index in [4.69, 9.17) is 5.11 Å². The minimum absolute atomic E-state index is 0.904. The van der Waals surface area contributed by atoms with Gasteiger partial charge in [-0.3, -0.25) is 0 Å². The van der Waals surface area contributed by atoms with Gasteiger partial charge in [0.05, 0.1) is 0 Å². The van der Waals surface area contributed by atoms with E-state index in [-0.39, 0.29) is 0 Å². The van der Waals surface area contributed by atoms with Crippen molar-refractivity contribution in [3.8, 4) is 0 Å². The van der Waals surface area contributed by atoms with E-state index in [0.29, 0.717) is 0 Å². The molecule has 1 aromatic carbocycles. The number of carboxylic acid groups (broad SMARTS) is 1. The van der Waals surface area contributed by atoms with Crippen LogP contribution in [0.2, 0.25) is 0 Å². The summed E-state index contributed by atoms with van der Waals surface area (Å²) >= 11 is 0. The van der Waals surface area contributed by atoms with Crippen molar-refractivity contribution < 1.29 is 9.90 Å². The largest absolute Gasteiger partial charge is 0.478 e. The Bertz CT molecular complexity index is 446. The molecule has 0 aliphatic carbocycles. The van der Waals surface area contributed by atoms with E-state index in [9.17, 15) is 4.79 Å². The van der Waals surface area contributed by atoms with Crippen molar-refractivity contribution in [1.82, 2.24) is 0 Å². The second kappa shape index (κ2) is 5.04. The minimum atomic E-state index is -0.904. The molecular formula is C14H17NO2. The van der Waals surface area contributed by atoms with Gasteiger partial charge in [-0.15, -0.1) is 0 Å². The van der Waals surface area contributed by atoms with Crippen LogP contribution in [0.3, 0.4) is 0 Å². The lowest BCUT2D eigenvalue weighted by molar-refractivity contribution is -0.131. The van der Waals surface area contributed by atoms with Gasteiger partial charge in [0.1, 0.15) is 0 Å². The van der Waals surface area contributed by atoms with Gasteiger partial charge in [-0.2, -0.15) is 0 Å². The summed E-state index contributed by atoms with van der Waals surface area (Å²) in [6.45, 7) is 4.15. The van der Waals surface area contributed by atoms with Gasteiger partial charge in [0.25, 0.3) is 0 Å². The Morgan fingerprint density at radius 2 is 2.06 bits per heavy atom. The van der Waals surface area contributed by atoms with Gasteiger partial charge in [0.2, 0.25) is 0 Å². The average Bonchev–Trinajstić information content (AvgIpc) is 2.80. The first-order valence-electron chi connectivity index (χ1n) is 5.93. The number of anilines is 1. The van der Waals surface area contributed by atoms with Crippen molar-refractivity contribution in [3.05, 3.63) is 35.4 Å². The van der Waals surface area contributed by atoms with Crippen molar-refractivity contribution in [2.24, 2.45) is 0 Å². The number of nitrogens with zero attached hydrogens (tertiary/aromatic N) is 1. The summed E-state index contributed by atoms with van der Waals surface area (Å²) in [5.41, 5.74) is 3.29. The van der Waals surface area contributed by atoms with Crippen LogP contribution >= 0.6 is 0 Å². The molecule has 1 aromatic rings. The lowest BCUT2D eigenvalue weighted by Crippen LogP contribution is -2.18. The van der Waals surface area contributed by atoms with Crippen LogP contribution in [0.1, 0.15) is 24.0 Å². The Kier molecular flexibility index (Phi) is 3.47. The fourth-order valence-electron chi connectivity index (χ4n) is 2.21. The van der Waals surface area contributed by atoms with Crippen molar-refractivity contribution in [1.29, 1.82) is 0 Å². The monoisotopic (exact) mass is 231 g/mol. The first-order valence-corrected chi connectivity index (χ1v) is 5.93. The quantitative estimate of drug-likeness (QED) is 0.813. The van der Waals surface area contributed by atoms with Crippen LogP contribution in [0.25, 0.3) is 6.08 Å². The van der Waals surface area contributed by atoms with Crippen LogP contribution < -0.4 is 4.90 Å². The van der Waals surface area contributed by atoms with Crippen LogP contribution in [0.4, 0.5) is 5.69 Å². The maximum atomic E-state index is 10.6. The van der Waals surface area contributed by atoms with E-state index in [2.05, 4.69) is 17.0 Å². The van der Waals surface area contributed by atoms with Gasteiger partial charge in [0.15, 0.2) is 0 Å². The van der Waals surface area contributed by atoms with E-state index < -0.39 is 5.97 Å². The van der Waals surface area contributed by atoms with Crippen molar-refractivity contribution >= 4 is 17.7 Å². The molecule has 0 spiro atoms. The third-order valence-corrected chi connectivity index (χ3v) is 3.04. The first-order chi connectivity index (χ1) is 8.16.